The fourth-order valence-corrected chi connectivity index (χ4v) is 2.59. The molecule has 0 aliphatic carbocycles. The fourth-order valence-electron chi connectivity index (χ4n) is 1.55. The van der Waals surface area contributed by atoms with E-state index in [9.17, 15) is 9.90 Å². The van der Waals surface area contributed by atoms with E-state index in [0.717, 1.165) is 9.35 Å². The third-order valence-electron chi connectivity index (χ3n) is 2.37. The number of aliphatic carboxylic acids is 1. The molecular weight excluding hydrogens is 316 g/mol. The van der Waals surface area contributed by atoms with Gasteiger partial charge in [-0.2, -0.15) is 0 Å². The Morgan fingerprint density at radius 3 is 3.00 bits per heavy atom. The van der Waals surface area contributed by atoms with Gasteiger partial charge < -0.3 is 5.11 Å². The van der Waals surface area contributed by atoms with Gasteiger partial charge in [-0.05, 0) is 39.0 Å². The Kier molecular flexibility index (Phi) is 4.46. The number of carboxylic acid groups (broad SMARTS) is 1. The molecule has 0 saturated carbocycles. The molecule has 0 amide bonds. The lowest BCUT2D eigenvalue weighted by Gasteiger charge is -2.14. The Hall–Kier alpha value is -1.24. The molecule has 0 saturated heterocycles. The first-order valence-electron chi connectivity index (χ1n) is 5.26. The maximum Gasteiger partial charge on any atom is 0.325 e. The van der Waals surface area contributed by atoms with E-state index in [2.05, 4.69) is 26.2 Å². The van der Waals surface area contributed by atoms with Gasteiger partial charge in [-0.1, -0.05) is 6.07 Å². The summed E-state index contributed by atoms with van der Waals surface area (Å²) in [4.78, 5) is 16.4. The number of hydrogen-bond acceptors (Lipinski definition) is 4. The Morgan fingerprint density at radius 1 is 1.56 bits per heavy atom. The molecule has 6 heteroatoms. The number of rotatable bonds is 5. The SMILES string of the molecule is O=C(O)C(NCc1cccs1)c1cncc(Br)c1. The van der Waals surface area contributed by atoms with Crippen molar-refractivity contribution in [3.05, 3.63) is 50.9 Å². The number of nitrogens with zero attached hydrogens (tertiary/aromatic N) is 1. The van der Waals surface area contributed by atoms with Crippen molar-refractivity contribution < 1.29 is 9.90 Å². The van der Waals surface area contributed by atoms with E-state index in [1.165, 1.54) is 0 Å². The lowest BCUT2D eigenvalue weighted by molar-refractivity contribution is -0.139. The van der Waals surface area contributed by atoms with E-state index in [1.807, 2.05) is 17.5 Å². The second-order valence-electron chi connectivity index (χ2n) is 3.67. The van der Waals surface area contributed by atoms with Gasteiger partial charge in [-0.25, -0.2) is 0 Å². The summed E-state index contributed by atoms with van der Waals surface area (Å²) >= 11 is 4.88. The van der Waals surface area contributed by atoms with E-state index in [4.69, 9.17) is 0 Å². The van der Waals surface area contributed by atoms with Gasteiger partial charge in [0, 0.05) is 28.3 Å². The first kappa shape index (κ1) is 13.2. The van der Waals surface area contributed by atoms with Crippen molar-refractivity contribution in [1.29, 1.82) is 0 Å². The average molecular weight is 327 g/mol. The summed E-state index contributed by atoms with van der Waals surface area (Å²) in [7, 11) is 0. The molecule has 2 N–H and O–H groups in total. The van der Waals surface area contributed by atoms with Gasteiger partial charge in [-0.15, -0.1) is 11.3 Å². The summed E-state index contributed by atoms with van der Waals surface area (Å²) in [5.41, 5.74) is 0.633. The second kappa shape index (κ2) is 6.08. The molecule has 1 atom stereocenters. The van der Waals surface area contributed by atoms with Crippen LogP contribution in [-0.2, 0) is 11.3 Å². The zero-order valence-electron chi connectivity index (χ0n) is 9.34. The summed E-state index contributed by atoms with van der Waals surface area (Å²) in [5.74, 6) is -0.911. The minimum Gasteiger partial charge on any atom is -0.480 e. The molecule has 0 fully saturated rings. The monoisotopic (exact) mass is 326 g/mol. The van der Waals surface area contributed by atoms with Gasteiger partial charge >= 0.3 is 5.97 Å². The van der Waals surface area contributed by atoms with E-state index >= 15 is 0 Å². The number of aromatic nitrogens is 1. The maximum atomic E-state index is 11.3. The van der Waals surface area contributed by atoms with Crippen LogP contribution in [0.1, 0.15) is 16.5 Å². The van der Waals surface area contributed by atoms with Crippen LogP contribution in [0.5, 0.6) is 0 Å². The first-order chi connectivity index (χ1) is 8.66. The van der Waals surface area contributed by atoms with Crippen LogP contribution in [0.15, 0.2) is 40.4 Å². The summed E-state index contributed by atoms with van der Waals surface area (Å²) < 4.78 is 0.768. The minimum atomic E-state index is -0.911. The topological polar surface area (TPSA) is 62.2 Å². The third-order valence-corrected chi connectivity index (χ3v) is 3.68. The van der Waals surface area contributed by atoms with Crippen LogP contribution in [0.25, 0.3) is 0 Å². The number of hydrogen-bond donors (Lipinski definition) is 2. The van der Waals surface area contributed by atoms with E-state index < -0.39 is 12.0 Å². The summed E-state index contributed by atoms with van der Waals surface area (Å²) in [6, 6.07) is 4.92. The second-order valence-corrected chi connectivity index (χ2v) is 5.62. The number of pyridine rings is 1. The van der Waals surface area contributed by atoms with Crippen molar-refractivity contribution in [3.63, 3.8) is 0 Å². The Balaban J connectivity index is 2.11. The first-order valence-corrected chi connectivity index (χ1v) is 6.93. The Morgan fingerprint density at radius 2 is 2.39 bits per heavy atom. The van der Waals surface area contributed by atoms with Gasteiger partial charge in [-0.3, -0.25) is 15.1 Å². The minimum absolute atomic E-state index is 0.529. The smallest absolute Gasteiger partial charge is 0.325 e. The lowest BCUT2D eigenvalue weighted by Crippen LogP contribution is -2.27. The van der Waals surface area contributed by atoms with Crippen LogP contribution < -0.4 is 5.32 Å². The van der Waals surface area contributed by atoms with Gasteiger partial charge in [0.25, 0.3) is 0 Å². The zero-order chi connectivity index (χ0) is 13.0. The van der Waals surface area contributed by atoms with Gasteiger partial charge in [0.2, 0.25) is 0 Å². The van der Waals surface area contributed by atoms with E-state index in [1.54, 1.807) is 29.8 Å². The molecule has 0 bridgehead atoms. The van der Waals surface area contributed by atoms with Crippen molar-refractivity contribution >= 4 is 33.2 Å². The molecule has 2 aromatic heterocycles. The fraction of sp³-hybridized carbons (Fsp3) is 0.167. The third kappa shape index (κ3) is 3.38. The van der Waals surface area contributed by atoms with Crippen LogP contribution >= 0.6 is 27.3 Å². The summed E-state index contributed by atoms with van der Waals surface area (Å²) in [5, 5.41) is 14.2. The van der Waals surface area contributed by atoms with E-state index in [-0.39, 0.29) is 0 Å². The highest BCUT2D eigenvalue weighted by molar-refractivity contribution is 9.10. The van der Waals surface area contributed by atoms with Crippen molar-refractivity contribution in [3.8, 4) is 0 Å². The van der Waals surface area contributed by atoms with Crippen LogP contribution in [0, 0.1) is 0 Å². The van der Waals surface area contributed by atoms with Crippen LogP contribution in [0.2, 0.25) is 0 Å². The highest BCUT2D eigenvalue weighted by atomic mass is 79.9. The van der Waals surface area contributed by atoms with Crippen molar-refractivity contribution in [2.75, 3.05) is 0 Å². The number of halogens is 1. The predicted octanol–water partition coefficient (Wildman–Crippen LogP) is 2.82. The Bertz CT molecular complexity index is 531. The maximum absolute atomic E-state index is 11.3. The summed E-state index contributed by atoms with van der Waals surface area (Å²) in [6.45, 7) is 0.529. The number of thiophene rings is 1. The number of carbonyl (C=O) groups is 1. The van der Waals surface area contributed by atoms with E-state index in [0.29, 0.717) is 12.1 Å². The molecule has 0 radical (unpaired) electrons. The van der Waals surface area contributed by atoms with Gasteiger partial charge in [0.1, 0.15) is 6.04 Å². The molecule has 0 aromatic carbocycles. The molecular formula is C12H11BrN2O2S. The number of carboxylic acids is 1. The normalized spacial score (nSPS) is 12.3. The zero-order valence-corrected chi connectivity index (χ0v) is 11.7. The van der Waals surface area contributed by atoms with Crippen molar-refractivity contribution in [2.45, 2.75) is 12.6 Å². The standard InChI is InChI=1S/C12H11BrN2O2S/c13-9-4-8(5-14-6-9)11(12(16)17)15-7-10-2-1-3-18-10/h1-6,11,15H,7H2,(H,16,17). The molecule has 0 aliphatic heterocycles. The van der Waals surface area contributed by atoms with Crippen LogP contribution in [0.4, 0.5) is 0 Å². The quantitative estimate of drug-likeness (QED) is 0.886. The van der Waals surface area contributed by atoms with Crippen molar-refractivity contribution in [1.82, 2.24) is 10.3 Å². The molecule has 94 valence electrons. The number of nitrogens with one attached hydrogen (secondary N) is 1. The van der Waals surface area contributed by atoms with Gasteiger partial charge in [0.05, 0.1) is 0 Å². The molecule has 2 aromatic rings. The molecule has 2 rings (SSSR count). The molecule has 0 spiro atoms. The lowest BCUT2D eigenvalue weighted by atomic mass is 10.1. The molecule has 4 nitrogen and oxygen atoms in total. The predicted molar refractivity (Wildman–Crippen MR) is 73.5 cm³/mol. The van der Waals surface area contributed by atoms with Crippen LogP contribution in [0.3, 0.4) is 0 Å². The molecule has 2 heterocycles. The highest BCUT2D eigenvalue weighted by Crippen LogP contribution is 2.18. The average Bonchev–Trinajstić information content (AvgIpc) is 2.82. The van der Waals surface area contributed by atoms with Crippen LogP contribution in [-0.4, -0.2) is 16.1 Å². The van der Waals surface area contributed by atoms with Gasteiger partial charge in [0.15, 0.2) is 0 Å². The Labute approximate surface area is 117 Å². The molecule has 18 heavy (non-hydrogen) atoms. The highest BCUT2D eigenvalue weighted by Gasteiger charge is 2.19. The summed E-state index contributed by atoms with van der Waals surface area (Å²) in [6.07, 6.45) is 3.19. The molecule has 1 unspecified atom stereocenters. The van der Waals surface area contributed by atoms with Crippen molar-refractivity contribution in [2.24, 2.45) is 0 Å². The molecule has 0 aliphatic rings. The largest absolute Gasteiger partial charge is 0.480 e.